The molecule has 0 amide bonds. The Hall–Kier alpha value is -2.36. The number of hydrogen-bond donors (Lipinski definition) is 0. The smallest absolute Gasteiger partial charge is 0.165 e. The van der Waals surface area contributed by atoms with Crippen molar-refractivity contribution in [2.75, 3.05) is 0 Å². The lowest BCUT2D eigenvalue weighted by Crippen LogP contribution is -2.05. The van der Waals surface area contributed by atoms with Crippen LogP contribution in [0.4, 0.5) is 8.78 Å². The quantitative estimate of drug-likeness (QED) is 0.688. The van der Waals surface area contributed by atoms with Crippen LogP contribution in [0.1, 0.15) is 12.6 Å². The highest BCUT2D eigenvalue weighted by Crippen LogP contribution is 2.24. The van der Waals surface area contributed by atoms with Gasteiger partial charge in [0.2, 0.25) is 0 Å². The van der Waals surface area contributed by atoms with Crippen molar-refractivity contribution >= 4 is 10.9 Å². The highest BCUT2D eigenvalue weighted by molar-refractivity contribution is 5.82. The highest BCUT2D eigenvalue weighted by atomic mass is 19.1. The maximum absolute atomic E-state index is 13.8. The molecular weight excluding hydrogens is 272 g/mol. The van der Waals surface area contributed by atoms with Gasteiger partial charge in [-0.25, -0.2) is 8.78 Å². The summed E-state index contributed by atoms with van der Waals surface area (Å²) in [6, 6.07) is 13.0. The molecule has 2 aromatic carbocycles. The second kappa shape index (κ2) is 5.56. The van der Waals surface area contributed by atoms with Crippen molar-refractivity contribution in [3.05, 3.63) is 65.9 Å². The van der Waals surface area contributed by atoms with Crippen molar-refractivity contribution in [1.29, 1.82) is 0 Å². The Morgan fingerprint density at radius 2 is 1.76 bits per heavy atom. The molecule has 2 nitrogen and oxygen atoms in total. The van der Waals surface area contributed by atoms with Crippen LogP contribution in [0.3, 0.4) is 0 Å². The van der Waals surface area contributed by atoms with E-state index in [1.165, 1.54) is 12.1 Å². The van der Waals surface area contributed by atoms with E-state index in [0.29, 0.717) is 11.9 Å². The first-order valence-electron chi connectivity index (χ1n) is 6.84. The molecule has 1 aromatic heterocycles. The Balaban J connectivity index is 1.94. The van der Waals surface area contributed by atoms with E-state index in [9.17, 15) is 8.78 Å². The molecule has 0 saturated carbocycles. The summed E-state index contributed by atoms with van der Waals surface area (Å²) in [5, 5.41) is 0.562. The third-order valence-electron chi connectivity index (χ3n) is 3.51. The van der Waals surface area contributed by atoms with Crippen LogP contribution >= 0.6 is 0 Å². The zero-order valence-electron chi connectivity index (χ0n) is 11.6. The van der Waals surface area contributed by atoms with Gasteiger partial charge in [0.25, 0.3) is 0 Å². The Kier molecular flexibility index (Phi) is 3.60. The van der Waals surface area contributed by atoms with Gasteiger partial charge in [-0.05, 0) is 37.3 Å². The standard InChI is InChI=1S/C17H15F2NO/c1-2-20-12(10-13-14(18)7-5-8-16(13)20)11-21-17-9-4-3-6-15(17)19/h3-10H,2,11H2,1H3. The van der Waals surface area contributed by atoms with E-state index in [0.717, 1.165) is 11.2 Å². The number of rotatable bonds is 4. The summed E-state index contributed by atoms with van der Waals surface area (Å²) in [6.45, 7) is 2.88. The molecule has 3 aromatic rings. The summed E-state index contributed by atoms with van der Waals surface area (Å²) in [5.41, 5.74) is 1.64. The van der Waals surface area contributed by atoms with E-state index < -0.39 is 5.82 Å². The zero-order valence-corrected chi connectivity index (χ0v) is 11.6. The normalized spacial score (nSPS) is 11.0. The van der Waals surface area contributed by atoms with Crippen LogP contribution in [0.25, 0.3) is 10.9 Å². The third-order valence-corrected chi connectivity index (χ3v) is 3.51. The molecule has 1 heterocycles. The number of aromatic nitrogens is 1. The van der Waals surface area contributed by atoms with Crippen LogP contribution in [0.5, 0.6) is 5.75 Å². The van der Waals surface area contributed by atoms with Crippen molar-refractivity contribution < 1.29 is 13.5 Å². The van der Waals surface area contributed by atoms with Gasteiger partial charge in [-0.3, -0.25) is 0 Å². The van der Waals surface area contributed by atoms with E-state index in [2.05, 4.69) is 0 Å². The number of ether oxygens (including phenoxy) is 1. The summed E-state index contributed by atoms with van der Waals surface area (Å²) in [4.78, 5) is 0. The van der Waals surface area contributed by atoms with E-state index in [4.69, 9.17) is 4.74 Å². The average molecular weight is 287 g/mol. The maximum atomic E-state index is 13.8. The van der Waals surface area contributed by atoms with Crippen LogP contribution < -0.4 is 4.74 Å². The highest BCUT2D eigenvalue weighted by Gasteiger charge is 2.12. The number of aryl methyl sites for hydroxylation is 1. The number of nitrogens with zero attached hydrogens (tertiary/aromatic N) is 1. The summed E-state index contributed by atoms with van der Waals surface area (Å²) >= 11 is 0. The molecular formula is C17H15F2NO. The molecule has 0 atom stereocenters. The van der Waals surface area contributed by atoms with Crippen LogP contribution in [0, 0.1) is 11.6 Å². The van der Waals surface area contributed by atoms with Crippen molar-refractivity contribution in [2.24, 2.45) is 0 Å². The summed E-state index contributed by atoms with van der Waals surface area (Å²) < 4.78 is 34.9. The Morgan fingerprint density at radius 1 is 1.00 bits per heavy atom. The predicted molar refractivity (Wildman–Crippen MR) is 78.3 cm³/mol. The van der Waals surface area contributed by atoms with Gasteiger partial charge in [-0.1, -0.05) is 18.2 Å². The first-order valence-corrected chi connectivity index (χ1v) is 6.84. The monoisotopic (exact) mass is 287 g/mol. The van der Waals surface area contributed by atoms with E-state index in [-0.39, 0.29) is 18.2 Å². The van der Waals surface area contributed by atoms with Gasteiger partial charge < -0.3 is 9.30 Å². The van der Waals surface area contributed by atoms with Crippen molar-refractivity contribution in [3.8, 4) is 5.75 Å². The van der Waals surface area contributed by atoms with Crippen molar-refractivity contribution in [2.45, 2.75) is 20.1 Å². The minimum absolute atomic E-state index is 0.197. The number of hydrogen-bond acceptors (Lipinski definition) is 1. The lowest BCUT2D eigenvalue weighted by molar-refractivity contribution is 0.281. The van der Waals surface area contributed by atoms with Gasteiger partial charge in [0.1, 0.15) is 12.4 Å². The molecule has 4 heteroatoms. The minimum atomic E-state index is -0.400. The van der Waals surface area contributed by atoms with Gasteiger partial charge >= 0.3 is 0 Å². The average Bonchev–Trinajstić information content (AvgIpc) is 2.85. The molecule has 0 aliphatic rings. The van der Waals surface area contributed by atoms with Crippen LogP contribution in [-0.2, 0) is 13.2 Å². The van der Waals surface area contributed by atoms with Gasteiger partial charge in [0.05, 0.1) is 11.2 Å². The van der Waals surface area contributed by atoms with Gasteiger partial charge in [0, 0.05) is 11.9 Å². The number of halogens is 2. The van der Waals surface area contributed by atoms with Crippen LogP contribution in [0.2, 0.25) is 0 Å². The lowest BCUT2D eigenvalue weighted by atomic mass is 10.2. The molecule has 0 bridgehead atoms. The van der Waals surface area contributed by atoms with Crippen molar-refractivity contribution in [3.63, 3.8) is 0 Å². The summed E-state index contributed by atoms with van der Waals surface area (Å²) in [5.74, 6) is -0.458. The first kappa shape index (κ1) is 13.6. The predicted octanol–water partition coefficient (Wildman–Crippen LogP) is 4.52. The number of para-hydroxylation sites is 1. The molecule has 0 unspecified atom stereocenters. The minimum Gasteiger partial charge on any atom is -0.484 e. The largest absolute Gasteiger partial charge is 0.484 e. The summed E-state index contributed by atoms with van der Waals surface area (Å²) in [6.07, 6.45) is 0. The van der Waals surface area contributed by atoms with Crippen LogP contribution in [0.15, 0.2) is 48.5 Å². The first-order chi connectivity index (χ1) is 10.2. The number of fused-ring (bicyclic) bond motifs is 1. The molecule has 0 N–H and O–H groups in total. The molecule has 0 saturated heterocycles. The van der Waals surface area contributed by atoms with E-state index in [1.54, 1.807) is 30.3 Å². The second-order valence-electron chi connectivity index (χ2n) is 4.77. The topological polar surface area (TPSA) is 14.2 Å². The third kappa shape index (κ3) is 2.49. The fourth-order valence-corrected chi connectivity index (χ4v) is 2.51. The Morgan fingerprint density at radius 3 is 2.52 bits per heavy atom. The molecule has 0 spiro atoms. The zero-order chi connectivity index (χ0) is 14.8. The fourth-order valence-electron chi connectivity index (χ4n) is 2.51. The maximum Gasteiger partial charge on any atom is 0.165 e. The second-order valence-corrected chi connectivity index (χ2v) is 4.77. The summed E-state index contributed by atoms with van der Waals surface area (Å²) in [7, 11) is 0. The Bertz CT molecular complexity index is 780. The van der Waals surface area contributed by atoms with Gasteiger partial charge in [-0.15, -0.1) is 0 Å². The lowest BCUT2D eigenvalue weighted by Gasteiger charge is -2.10. The molecule has 3 rings (SSSR count). The van der Waals surface area contributed by atoms with Gasteiger partial charge in [-0.2, -0.15) is 0 Å². The number of benzene rings is 2. The fraction of sp³-hybridized carbons (Fsp3) is 0.176. The molecule has 0 radical (unpaired) electrons. The molecule has 0 aliphatic carbocycles. The van der Waals surface area contributed by atoms with E-state index in [1.807, 2.05) is 17.6 Å². The molecule has 108 valence electrons. The molecule has 0 fully saturated rings. The van der Waals surface area contributed by atoms with Crippen LogP contribution in [-0.4, -0.2) is 4.57 Å². The van der Waals surface area contributed by atoms with Crippen molar-refractivity contribution in [1.82, 2.24) is 4.57 Å². The Labute approximate surface area is 121 Å². The SMILES string of the molecule is CCn1c(COc2ccccc2F)cc2c(F)cccc21. The van der Waals surface area contributed by atoms with E-state index >= 15 is 0 Å². The van der Waals surface area contributed by atoms with Gasteiger partial charge in [0.15, 0.2) is 11.6 Å². The molecule has 0 aliphatic heterocycles. The molecule has 21 heavy (non-hydrogen) atoms.